The predicted molar refractivity (Wildman–Crippen MR) is 103 cm³/mol. The smallest absolute Gasteiger partial charge is 0.313 e. The first-order valence-electron chi connectivity index (χ1n) is 8.64. The molecule has 1 fully saturated rings. The van der Waals surface area contributed by atoms with Gasteiger partial charge >= 0.3 is 5.69 Å². The van der Waals surface area contributed by atoms with Crippen LogP contribution < -0.4 is 4.74 Å². The van der Waals surface area contributed by atoms with Crippen molar-refractivity contribution in [1.82, 2.24) is 9.80 Å². The number of amides is 1. The fraction of sp³-hybridized carbons (Fsp3) is 0.316. The standard InChI is InChI=1S/C19H20ClN3O4/c1-21-9-2-10-22(12-11-21)19(24)14-3-6-16(7-4-14)27-18-8-5-15(20)13-17(18)23(25)26/h3-8,13H,2,9-12H2,1H3. The maximum Gasteiger partial charge on any atom is 0.313 e. The van der Waals surface area contributed by atoms with Crippen molar-refractivity contribution in [2.24, 2.45) is 0 Å². The lowest BCUT2D eigenvalue weighted by molar-refractivity contribution is -0.385. The number of hydrogen-bond acceptors (Lipinski definition) is 5. The minimum absolute atomic E-state index is 0.0191. The van der Waals surface area contributed by atoms with Gasteiger partial charge in [0.2, 0.25) is 5.75 Å². The van der Waals surface area contributed by atoms with E-state index in [4.69, 9.17) is 16.3 Å². The molecule has 0 aromatic heterocycles. The summed E-state index contributed by atoms with van der Waals surface area (Å²) in [6, 6.07) is 10.8. The quantitative estimate of drug-likeness (QED) is 0.587. The maximum atomic E-state index is 12.7. The number of nitro benzene ring substituents is 1. The highest BCUT2D eigenvalue weighted by molar-refractivity contribution is 6.30. The highest BCUT2D eigenvalue weighted by Crippen LogP contribution is 2.33. The molecule has 0 radical (unpaired) electrons. The van der Waals surface area contributed by atoms with Crippen molar-refractivity contribution in [2.45, 2.75) is 6.42 Å². The Labute approximate surface area is 162 Å². The second kappa shape index (κ2) is 8.37. The minimum atomic E-state index is -0.546. The normalized spacial score (nSPS) is 15.3. The number of benzene rings is 2. The Balaban J connectivity index is 1.72. The number of carbonyl (C=O) groups excluding carboxylic acids is 1. The van der Waals surface area contributed by atoms with E-state index >= 15 is 0 Å². The zero-order valence-corrected chi connectivity index (χ0v) is 15.7. The van der Waals surface area contributed by atoms with Crippen molar-refractivity contribution in [2.75, 3.05) is 33.2 Å². The Morgan fingerprint density at radius 3 is 2.56 bits per heavy atom. The zero-order valence-electron chi connectivity index (χ0n) is 14.9. The second-order valence-electron chi connectivity index (χ2n) is 6.44. The summed E-state index contributed by atoms with van der Waals surface area (Å²) >= 11 is 5.81. The summed E-state index contributed by atoms with van der Waals surface area (Å²) in [5.41, 5.74) is 0.355. The van der Waals surface area contributed by atoms with Crippen LogP contribution in [-0.4, -0.2) is 53.9 Å². The van der Waals surface area contributed by atoms with Crippen molar-refractivity contribution in [3.05, 3.63) is 63.2 Å². The largest absolute Gasteiger partial charge is 0.450 e. The van der Waals surface area contributed by atoms with Crippen molar-refractivity contribution < 1.29 is 14.5 Å². The van der Waals surface area contributed by atoms with E-state index in [1.54, 1.807) is 24.3 Å². The van der Waals surface area contributed by atoms with Gasteiger partial charge in [-0.1, -0.05) is 11.6 Å². The summed E-state index contributed by atoms with van der Waals surface area (Å²) in [7, 11) is 2.05. The number of rotatable bonds is 4. The van der Waals surface area contributed by atoms with Crippen LogP contribution in [0.1, 0.15) is 16.8 Å². The molecule has 8 heteroatoms. The summed E-state index contributed by atoms with van der Waals surface area (Å²) < 4.78 is 5.61. The Hall–Kier alpha value is -2.64. The van der Waals surface area contributed by atoms with Gasteiger partial charge in [-0.2, -0.15) is 0 Å². The van der Waals surface area contributed by atoms with Gasteiger partial charge in [0.05, 0.1) is 4.92 Å². The van der Waals surface area contributed by atoms with Gasteiger partial charge < -0.3 is 14.5 Å². The van der Waals surface area contributed by atoms with E-state index in [0.717, 1.165) is 26.1 Å². The third kappa shape index (κ3) is 4.75. The molecule has 0 saturated carbocycles. The number of nitro groups is 1. The summed E-state index contributed by atoms with van der Waals surface area (Å²) in [6.07, 6.45) is 0.948. The van der Waals surface area contributed by atoms with E-state index in [-0.39, 0.29) is 22.4 Å². The van der Waals surface area contributed by atoms with E-state index < -0.39 is 4.92 Å². The van der Waals surface area contributed by atoms with E-state index in [1.165, 1.54) is 18.2 Å². The van der Waals surface area contributed by atoms with Crippen LogP contribution in [0.15, 0.2) is 42.5 Å². The van der Waals surface area contributed by atoms with E-state index in [9.17, 15) is 14.9 Å². The molecule has 3 rings (SSSR count). The van der Waals surface area contributed by atoms with Crippen molar-refractivity contribution in [1.29, 1.82) is 0 Å². The molecule has 0 atom stereocenters. The Bertz CT molecular complexity index is 841. The Kier molecular flexibility index (Phi) is 5.93. The molecule has 27 heavy (non-hydrogen) atoms. The topological polar surface area (TPSA) is 75.9 Å². The fourth-order valence-electron chi connectivity index (χ4n) is 2.94. The van der Waals surface area contributed by atoms with Gasteiger partial charge in [0.15, 0.2) is 0 Å². The van der Waals surface area contributed by atoms with Gasteiger partial charge in [-0.15, -0.1) is 0 Å². The summed E-state index contributed by atoms with van der Waals surface area (Å²) in [6.45, 7) is 3.27. The highest BCUT2D eigenvalue weighted by atomic mass is 35.5. The minimum Gasteiger partial charge on any atom is -0.450 e. The summed E-state index contributed by atoms with van der Waals surface area (Å²) in [5.74, 6) is 0.487. The molecule has 1 heterocycles. The molecule has 0 aliphatic carbocycles. The van der Waals surface area contributed by atoms with Gasteiger partial charge in [0.1, 0.15) is 5.75 Å². The third-order valence-corrected chi connectivity index (χ3v) is 4.69. The first-order chi connectivity index (χ1) is 12.9. The lowest BCUT2D eigenvalue weighted by Crippen LogP contribution is -2.34. The van der Waals surface area contributed by atoms with Crippen LogP contribution >= 0.6 is 11.6 Å². The molecular formula is C19H20ClN3O4. The zero-order chi connectivity index (χ0) is 19.4. The average Bonchev–Trinajstić information content (AvgIpc) is 2.87. The third-order valence-electron chi connectivity index (χ3n) is 4.45. The lowest BCUT2D eigenvalue weighted by Gasteiger charge is -2.20. The predicted octanol–water partition coefficient (Wildman–Crippen LogP) is 3.82. The van der Waals surface area contributed by atoms with Gasteiger partial charge in [-0.3, -0.25) is 14.9 Å². The molecule has 1 aliphatic rings. The van der Waals surface area contributed by atoms with Gasteiger partial charge in [-0.05, 0) is 56.4 Å². The lowest BCUT2D eigenvalue weighted by atomic mass is 10.2. The first-order valence-corrected chi connectivity index (χ1v) is 9.01. The van der Waals surface area contributed by atoms with Crippen molar-refractivity contribution in [3.63, 3.8) is 0 Å². The number of hydrogen-bond donors (Lipinski definition) is 0. The van der Waals surface area contributed by atoms with Crippen LogP contribution in [0.5, 0.6) is 11.5 Å². The summed E-state index contributed by atoms with van der Waals surface area (Å²) in [5, 5.41) is 11.4. The van der Waals surface area contributed by atoms with Gasteiger partial charge in [-0.25, -0.2) is 0 Å². The molecule has 1 saturated heterocycles. The Morgan fingerprint density at radius 1 is 1.11 bits per heavy atom. The Morgan fingerprint density at radius 2 is 1.85 bits per heavy atom. The molecule has 0 bridgehead atoms. The number of ether oxygens (including phenoxy) is 1. The van der Waals surface area contributed by atoms with E-state index in [1.807, 2.05) is 4.90 Å². The molecule has 0 unspecified atom stereocenters. The summed E-state index contributed by atoms with van der Waals surface area (Å²) in [4.78, 5) is 27.3. The fourth-order valence-corrected chi connectivity index (χ4v) is 3.11. The SMILES string of the molecule is CN1CCCN(C(=O)c2ccc(Oc3ccc(Cl)cc3[N+](=O)[O-])cc2)CC1. The number of halogens is 1. The van der Waals surface area contributed by atoms with Crippen molar-refractivity contribution in [3.8, 4) is 11.5 Å². The van der Waals surface area contributed by atoms with Gasteiger partial charge in [0, 0.05) is 36.3 Å². The molecular weight excluding hydrogens is 370 g/mol. The van der Waals surface area contributed by atoms with E-state index in [2.05, 4.69) is 11.9 Å². The molecule has 2 aromatic carbocycles. The molecule has 1 aliphatic heterocycles. The molecule has 0 N–H and O–H groups in total. The number of carbonyl (C=O) groups is 1. The van der Waals surface area contributed by atoms with Gasteiger partial charge in [0.25, 0.3) is 5.91 Å². The molecule has 2 aromatic rings. The highest BCUT2D eigenvalue weighted by Gasteiger charge is 2.20. The first kappa shape index (κ1) is 19.1. The van der Waals surface area contributed by atoms with E-state index in [0.29, 0.717) is 17.9 Å². The number of nitrogens with zero attached hydrogens (tertiary/aromatic N) is 3. The molecule has 7 nitrogen and oxygen atoms in total. The van der Waals surface area contributed by atoms with Crippen LogP contribution in [0, 0.1) is 10.1 Å². The second-order valence-corrected chi connectivity index (χ2v) is 6.88. The van der Waals surface area contributed by atoms with Crippen LogP contribution in [0.3, 0.4) is 0 Å². The van der Waals surface area contributed by atoms with Crippen LogP contribution in [0.25, 0.3) is 0 Å². The molecule has 1 amide bonds. The van der Waals surface area contributed by atoms with Crippen molar-refractivity contribution >= 4 is 23.2 Å². The van der Waals surface area contributed by atoms with Crippen LogP contribution in [0.2, 0.25) is 5.02 Å². The van der Waals surface area contributed by atoms with Crippen LogP contribution in [0.4, 0.5) is 5.69 Å². The number of likely N-dealkylation sites (N-methyl/N-ethyl adjacent to an activating group) is 1. The monoisotopic (exact) mass is 389 g/mol. The molecule has 142 valence electrons. The van der Waals surface area contributed by atoms with Crippen LogP contribution in [-0.2, 0) is 0 Å². The maximum absolute atomic E-state index is 12.7. The average molecular weight is 390 g/mol. The molecule has 0 spiro atoms.